The first kappa shape index (κ1) is 25.6. The Hall–Kier alpha value is -4.35. The van der Waals surface area contributed by atoms with Gasteiger partial charge in [-0.25, -0.2) is 0 Å². The number of furan rings is 1. The van der Waals surface area contributed by atoms with Crippen LogP contribution >= 0.6 is 0 Å². The van der Waals surface area contributed by atoms with Gasteiger partial charge in [0.05, 0.1) is 6.26 Å². The normalized spacial score (nSPS) is 19.6. The Morgan fingerprint density at radius 3 is 2.37 bits per heavy atom. The number of anilines is 2. The summed E-state index contributed by atoms with van der Waals surface area (Å²) in [6, 6.07) is 14.5. The molecule has 0 aliphatic carbocycles. The van der Waals surface area contributed by atoms with Crippen molar-refractivity contribution in [2.24, 2.45) is 5.92 Å². The third kappa shape index (κ3) is 5.63. The van der Waals surface area contributed by atoms with Gasteiger partial charge < -0.3 is 15.1 Å². The molecule has 2 fully saturated rings. The van der Waals surface area contributed by atoms with Crippen molar-refractivity contribution < 1.29 is 4.42 Å². The molecule has 210 valence electrons. The van der Waals surface area contributed by atoms with Gasteiger partial charge in [-0.15, -0.1) is 5.10 Å². The molecule has 0 aromatic carbocycles. The Kier molecular flexibility index (Phi) is 7.03. The summed E-state index contributed by atoms with van der Waals surface area (Å²) in [5.41, 5.74) is 8.97. The topological polar surface area (TPSA) is 118 Å². The van der Waals surface area contributed by atoms with Crippen LogP contribution in [0.3, 0.4) is 0 Å². The molecule has 0 bridgehead atoms. The average molecular weight is 551 g/mol. The highest BCUT2D eigenvalue weighted by Crippen LogP contribution is 2.29. The van der Waals surface area contributed by atoms with Crippen molar-refractivity contribution in [1.29, 1.82) is 0 Å². The minimum Gasteiger partial charge on any atom is -0.461 e. The Labute approximate surface area is 238 Å². The zero-order valence-electron chi connectivity index (χ0n) is 23.0. The zero-order valence-corrected chi connectivity index (χ0v) is 23.0. The number of rotatable bonds is 8. The van der Waals surface area contributed by atoms with Gasteiger partial charge in [0.15, 0.2) is 5.76 Å². The Balaban J connectivity index is 1.01. The van der Waals surface area contributed by atoms with E-state index in [0.717, 1.165) is 51.6 Å². The Morgan fingerprint density at radius 2 is 1.66 bits per heavy atom. The predicted octanol–water partition coefficient (Wildman–Crippen LogP) is 3.36. The van der Waals surface area contributed by atoms with Gasteiger partial charge in [-0.1, -0.05) is 0 Å². The predicted molar refractivity (Wildman–Crippen MR) is 156 cm³/mol. The molecule has 7 heterocycles. The van der Waals surface area contributed by atoms with E-state index in [-0.39, 0.29) is 0 Å². The summed E-state index contributed by atoms with van der Waals surface area (Å²) in [5.74, 6) is 3.57. The van der Waals surface area contributed by atoms with Crippen molar-refractivity contribution in [3.63, 3.8) is 0 Å². The van der Waals surface area contributed by atoms with Gasteiger partial charge in [0, 0.05) is 82.7 Å². The highest BCUT2D eigenvalue weighted by Gasteiger charge is 2.34. The van der Waals surface area contributed by atoms with Gasteiger partial charge in [0.1, 0.15) is 11.6 Å². The third-order valence-electron chi connectivity index (χ3n) is 8.22. The molecule has 11 nitrogen and oxygen atoms in total. The van der Waals surface area contributed by atoms with Crippen LogP contribution in [0.4, 0.5) is 11.6 Å². The van der Waals surface area contributed by atoms with Crippen LogP contribution in [0.15, 0.2) is 77.9 Å². The highest BCUT2D eigenvalue weighted by molar-refractivity contribution is 5.57. The fraction of sp³-hybridized carbons (Fsp3) is 0.367. The smallest absolute Gasteiger partial charge is 0.256 e. The number of nitrogens with zero attached hydrogens (tertiary/aromatic N) is 9. The third-order valence-corrected chi connectivity index (χ3v) is 8.22. The van der Waals surface area contributed by atoms with Crippen LogP contribution in [0.5, 0.6) is 0 Å². The van der Waals surface area contributed by atoms with E-state index in [4.69, 9.17) is 15.1 Å². The number of pyridine rings is 2. The molecule has 0 saturated carbocycles. The maximum atomic E-state index is 6.38. The first-order valence-corrected chi connectivity index (χ1v) is 14.2. The van der Waals surface area contributed by atoms with Crippen molar-refractivity contribution in [2.45, 2.75) is 32.0 Å². The van der Waals surface area contributed by atoms with E-state index in [1.165, 1.54) is 24.0 Å². The zero-order chi connectivity index (χ0) is 27.6. The van der Waals surface area contributed by atoms with Crippen LogP contribution in [0.25, 0.3) is 17.4 Å². The van der Waals surface area contributed by atoms with Crippen LogP contribution in [0.1, 0.15) is 24.0 Å². The molecule has 2 aliphatic heterocycles. The lowest BCUT2D eigenvalue weighted by atomic mass is 9.90. The van der Waals surface area contributed by atoms with Crippen LogP contribution in [0, 0.1) is 5.92 Å². The van der Waals surface area contributed by atoms with E-state index in [0.29, 0.717) is 35.1 Å². The van der Waals surface area contributed by atoms with E-state index in [1.54, 1.807) is 10.8 Å². The lowest BCUT2D eigenvalue weighted by molar-refractivity contribution is 0.0725. The molecule has 2 aliphatic rings. The lowest BCUT2D eigenvalue weighted by Gasteiger charge is -2.47. The minimum absolute atomic E-state index is 0.483. The Bertz CT molecular complexity index is 1530. The van der Waals surface area contributed by atoms with E-state index >= 15 is 0 Å². The van der Waals surface area contributed by atoms with Crippen molar-refractivity contribution >= 4 is 17.4 Å². The second-order valence-electron chi connectivity index (χ2n) is 11.1. The van der Waals surface area contributed by atoms with E-state index in [2.05, 4.69) is 59.0 Å². The molecule has 0 spiro atoms. The molecule has 11 heteroatoms. The molecule has 2 saturated heterocycles. The van der Waals surface area contributed by atoms with Gasteiger partial charge in [0.25, 0.3) is 5.78 Å². The van der Waals surface area contributed by atoms with Crippen molar-refractivity contribution in [3.8, 4) is 11.6 Å². The van der Waals surface area contributed by atoms with Crippen LogP contribution < -0.4 is 10.6 Å². The number of piperidine rings is 1. The minimum atomic E-state index is 0.483. The molecule has 5 aromatic heterocycles. The fourth-order valence-corrected chi connectivity index (χ4v) is 6.21. The first-order valence-electron chi connectivity index (χ1n) is 14.2. The van der Waals surface area contributed by atoms with Gasteiger partial charge in [-0.05, 0) is 66.3 Å². The number of nitrogen functional groups attached to an aromatic ring is 1. The van der Waals surface area contributed by atoms with Crippen LogP contribution in [-0.2, 0) is 13.1 Å². The summed E-state index contributed by atoms with van der Waals surface area (Å²) in [7, 11) is 0. The number of aromatic nitrogens is 6. The fourth-order valence-electron chi connectivity index (χ4n) is 6.21. The van der Waals surface area contributed by atoms with E-state index < -0.39 is 0 Å². The number of nitrogens with two attached hydrogens (primary N) is 1. The summed E-state index contributed by atoms with van der Waals surface area (Å²) >= 11 is 0. The molecule has 7 rings (SSSR count). The molecule has 2 atom stereocenters. The summed E-state index contributed by atoms with van der Waals surface area (Å²) in [5, 5.41) is 4.48. The Morgan fingerprint density at radius 1 is 0.902 bits per heavy atom. The van der Waals surface area contributed by atoms with Gasteiger partial charge in [-0.2, -0.15) is 14.5 Å². The van der Waals surface area contributed by atoms with Crippen LogP contribution in [-0.4, -0.2) is 78.1 Å². The lowest BCUT2D eigenvalue weighted by Crippen LogP contribution is -2.57. The number of fused-ring (bicyclic) bond motifs is 2. The summed E-state index contributed by atoms with van der Waals surface area (Å²) in [6.45, 7) is 6.86. The largest absolute Gasteiger partial charge is 0.461 e. The molecule has 2 N–H and O–H groups in total. The van der Waals surface area contributed by atoms with Gasteiger partial charge in [0.2, 0.25) is 5.82 Å². The standard InChI is InChI=1S/C30H34N10O/c31-27-16-28(34-30-35-29(36-40(27)30)26-2-1-15-41-26)39-14-13-38-20-24(3-4-25(38)21-39)19-37(17-22-5-9-32-10-6-22)18-23-7-11-33-12-8-23/h1-2,5-12,15-16,24-25H,3-4,13-14,17-21,31H2. The van der Waals surface area contributed by atoms with Gasteiger partial charge >= 0.3 is 0 Å². The van der Waals surface area contributed by atoms with Crippen molar-refractivity contribution in [2.75, 3.05) is 43.4 Å². The first-order chi connectivity index (χ1) is 20.2. The maximum Gasteiger partial charge on any atom is 0.256 e. The molecular formula is C30H34N10O. The summed E-state index contributed by atoms with van der Waals surface area (Å²) in [4.78, 5) is 25.4. The van der Waals surface area contributed by atoms with E-state index in [9.17, 15) is 0 Å². The molecule has 5 aromatic rings. The quantitative estimate of drug-likeness (QED) is 0.308. The van der Waals surface area contributed by atoms with Gasteiger partial charge in [-0.3, -0.25) is 19.8 Å². The second-order valence-corrected chi connectivity index (χ2v) is 11.1. The number of hydrogen-bond acceptors (Lipinski definition) is 10. The molecule has 41 heavy (non-hydrogen) atoms. The maximum absolute atomic E-state index is 6.38. The molecule has 2 unspecified atom stereocenters. The molecule has 0 amide bonds. The second kappa shape index (κ2) is 11.3. The number of piperazine rings is 1. The summed E-state index contributed by atoms with van der Waals surface area (Å²) < 4.78 is 7.03. The molecule has 0 radical (unpaired) electrons. The average Bonchev–Trinajstić information content (AvgIpc) is 3.69. The highest BCUT2D eigenvalue weighted by atomic mass is 16.3. The van der Waals surface area contributed by atoms with E-state index in [1.807, 2.05) is 43.0 Å². The van der Waals surface area contributed by atoms with Crippen molar-refractivity contribution in [1.82, 2.24) is 39.3 Å². The number of hydrogen-bond donors (Lipinski definition) is 1. The monoisotopic (exact) mass is 550 g/mol. The van der Waals surface area contributed by atoms with Crippen molar-refractivity contribution in [3.05, 3.63) is 84.6 Å². The summed E-state index contributed by atoms with van der Waals surface area (Å²) in [6.07, 6.45) is 11.5. The molecular weight excluding hydrogens is 516 g/mol. The SMILES string of the molecule is Nc1cc(N2CCN3CC(CN(Cc4ccncc4)Cc4ccncc4)CCC3C2)nc2nc(-c3ccco3)nn12. The van der Waals surface area contributed by atoms with Crippen LogP contribution in [0.2, 0.25) is 0 Å².